The van der Waals surface area contributed by atoms with E-state index >= 15 is 0 Å². The van der Waals surface area contributed by atoms with E-state index in [0.29, 0.717) is 12.8 Å². The van der Waals surface area contributed by atoms with Gasteiger partial charge in [-0.3, -0.25) is 0 Å². The monoisotopic (exact) mass is 172 g/mol. The second-order valence-electron chi connectivity index (χ2n) is 4.25. The molecule has 1 spiro atoms. The third kappa shape index (κ3) is 1.08. The first kappa shape index (κ1) is 8.21. The summed E-state index contributed by atoms with van der Waals surface area (Å²) in [5.74, 6) is -2.34. The molecule has 0 aromatic rings. The standard InChI is InChI=1S/C10H14F2/c1-8-3-2-5-9(6-4-8)7-10(9,11)12/h3H,2,4-7H2,1H3. The quantitative estimate of drug-likeness (QED) is 0.490. The molecule has 1 unspecified atom stereocenters. The van der Waals surface area contributed by atoms with Crippen LogP contribution >= 0.6 is 0 Å². The Morgan fingerprint density at radius 2 is 2.00 bits per heavy atom. The summed E-state index contributed by atoms with van der Waals surface area (Å²) < 4.78 is 25.9. The molecule has 0 N–H and O–H groups in total. The van der Waals surface area contributed by atoms with Crippen molar-refractivity contribution in [3.8, 4) is 0 Å². The van der Waals surface area contributed by atoms with Gasteiger partial charge < -0.3 is 0 Å². The van der Waals surface area contributed by atoms with E-state index in [1.165, 1.54) is 5.57 Å². The highest BCUT2D eigenvalue weighted by Crippen LogP contribution is 2.66. The van der Waals surface area contributed by atoms with Crippen LogP contribution in [-0.2, 0) is 0 Å². The van der Waals surface area contributed by atoms with Gasteiger partial charge in [-0.2, -0.15) is 0 Å². The molecular formula is C10H14F2. The summed E-state index contributed by atoms with van der Waals surface area (Å²) in [6.45, 7) is 2.04. The predicted molar refractivity (Wildman–Crippen MR) is 44.2 cm³/mol. The molecule has 68 valence electrons. The van der Waals surface area contributed by atoms with Crippen LogP contribution in [0.15, 0.2) is 11.6 Å². The Morgan fingerprint density at radius 1 is 1.33 bits per heavy atom. The van der Waals surface area contributed by atoms with Gasteiger partial charge in [0.1, 0.15) is 0 Å². The van der Waals surface area contributed by atoms with Crippen LogP contribution in [-0.4, -0.2) is 5.92 Å². The minimum absolute atomic E-state index is 0.140. The van der Waals surface area contributed by atoms with E-state index in [1.807, 2.05) is 6.92 Å². The van der Waals surface area contributed by atoms with Gasteiger partial charge in [0.25, 0.3) is 5.92 Å². The van der Waals surface area contributed by atoms with Gasteiger partial charge in [-0.15, -0.1) is 0 Å². The summed E-state index contributed by atoms with van der Waals surface area (Å²) in [6.07, 6.45) is 5.36. The molecule has 2 heteroatoms. The number of hydrogen-bond donors (Lipinski definition) is 0. The van der Waals surface area contributed by atoms with Gasteiger partial charge >= 0.3 is 0 Å². The van der Waals surface area contributed by atoms with E-state index in [2.05, 4.69) is 6.08 Å². The molecular weight excluding hydrogens is 158 g/mol. The molecule has 0 nitrogen and oxygen atoms in total. The van der Waals surface area contributed by atoms with Gasteiger partial charge in [0.05, 0.1) is 0 Å². The van der Waals surface area contributed by atoms with E-state index in [1.54, 1.807) is 0 Å². The highest BCUT2D eigenvalue weighted by Gasteiger charge is 2.69. The van der Waals surface area contributed by atoms with Crippen LogP contribution in [0, 0.1) is 5.41 Å². The van der Waals surface area contributed by atoms with Crippen LogP contribution in [0.1, 0.15) is 39.0 Å². The Hall–Kier alpha value is -0.400. The van der Waals surface area contributed by atoms with Crippen LogP contribution < -0.4 is 0 Å². The van der Waals surface area contributed by atoms with E-state index in [4.69, 9.17) is 0 Å². The zero-order chi connectivity index (χ0) is 8.82. The minimum atomic E-state index is -2.34. The second kappa shape index (κ2) is 2.30. The number of rotatable bonds is 0. The van der Waals surface area contributed by atoms with Crippen molar-refractivity contribution in [1.29, 1.82) is 0 Å². The van der Waals surface area contributed by atoms with Crippen LogP contribution in [0.2, 0.25) is 0 Å². The summed E-state index contributed by atoms with van der Waals surface area (Å²) in [4.78, 5) is 0. The molecule has 2 aliphatic rings. The highest BCUT2D eigenvalue weighted by atomic mass is 19.3. The minimum Gasteiger partial charge on any atom is -0.206 e. The van der Waals surface area contributed by atoms with E-state index in [9.17, 15) is 8.78 Å². The Labute approximate surface area is 71.7 Å². The maximum absolute atomic E-state index is 13.0. The van der Waals surface area contributed by atoms with Gasteiger partial charge in [-0.05, 0) is 32.6 Å². The van der Waals surface area contributed by atoms with Crippen LogP contribution in [0.25, 0.3) is 0 Å². The summed E-state index contributed by atoms with van der Waals surface area (Å²) in [5.41, 5.74) is 0.691. The summed E-state index contributed by atoms with van der Waals surface area (Å²) >= 11 is 0. The lowest BCUT2D eigenvalue weighted by atomic mass is 9.95. The lowest BCUT2D eigenvalue weighted by molar-refractivity contribution is 0.0579. The number of halogens is 2. The molecule has 0 saturated heterocycles. The van der Waals surface area contributed by atoms with Crippen molar-refractivity contribution in [3.05, 3.63) is 11.6 Å². The Morgan fingerprint density at radius 3 is 2.58 bits per heavy atom. The molecule has 1 fully saturated rings. The van der Waals surface area contributed by atoms with Gasteiger partial charge in [-0.25, -0.2) is 8.78 Å². The topological polar surface area (TPSA) is 0 Å². The lowest BCUT2D eigenvalue weighted by Gasteiger charge is -2.11. The maximum atomic E-state index is 13.0. The fourth-order valence-corrected chi connectivity index (χ4v) is 2.18. The van der Waals surface area contributed by atoms with Crippen LogP contribution in [0.4, 0.5) is 8.78 Å². The Bertz CT molecular complexity index is 230. The molecule has 0 heterocycles. The van der Waals surface area contributed by atoms with E-state index in [-0.39, 0.29) is 6.42 Å². The molecule has 12 heavy (non-hydrogen) atoms. The number of allylic oxidation sites excluding steroid dienone is 2. The van der Waals surface area contributed by atoms with E-state index < -0.39 is 11.3 Å². The fourth-order valence-electron chi connectivity index (χ4n) is 2.18. The van der Waals surface area contributed by atoms with Crippen molar-refractivity contribution >= 4 is 0 Å². The lowest BCUT2D eigenvalue weighted by Crippen LogP contribution is -2.09. The van der Waals surface area contributed by atoms with E-state index in [0.717, 1.165) is 12.8 Å². The van der Waals surface area contributed by atoms with Gasteiger partial charge in [0.15, 0.2) is 0 Å². The second-order valence-corrected chi connectivity index (χ2v) is 4.25. The van der Waals surface area contributed by atoms with Crippen LogP contribution in [0.3, 0.4) is 0 Å². The molecule has 1 saturated carbocycles. The normalized spacial score (nSPS) is 39.1. The van der Waals surface area contributed by atoms with Crippen molar-refractivity contribution in [2.45, 2.75) is 45.0 Å². The summed E-state index contributed by atoms with van der Waals surface area (Å²) in [6, 6.07) is 0. The molecule has 2 rings (SSSR count). The Kier molecular flexibility index (Phi) is 1.57. The molecule has 0 radical (unpaired) electrons. The Balaban J connectivity index is 2.06. The van der Waals surface area contributed by atoms with Gasteiger partial charge in [0.2, 0.25) is 0 Å². The maximum Gasteiger partial charge on any atom is 0.254 e. The average Bonchev–Trinajstić information content (AvgIpc) is 2.55. The van der Waals surface area contributed by atoms with Crippen molar-refractivity contribution in [2.75, 3.05) is 0 Å². The summed E-state index contributed by atoms with van der Waals surface area (Å²) in [5, 5.41) is 0. The third-order valence-corrected chi connectivity index (χ3v) is 3.32. The molecule has 0 aliphatic heterocycles. The number of hydrogen-bond acceptors (Lipinski definition) is 0. The molecule has 0 amide bonds. The molecule has 2 aliphatic carbocycles. The first-order valence-corrected chi connectivity index (χ1v) is 4.59. The molecule has 0 aromatic carbocycles. The largest absolute Gasteiger partial charge is 0.254 e. The summed E-state index contributed by atoms with van der Waals surface area (Å²) in [7, 11) is 0. The SMILES string of the molecule is CC1=CCCC2(CC1)CC2(F)F. The molecule has 0 bridgehead atoms. The van der Waals surface area contributed by atoms with Crippen molar-refractivity contribution in [3.63, 3.8) is 0 Å². The van der Waals surface area contributed by atoms with Crippen LogP contribution in [0.5, 0.6) is 0 Å². The number of alkyl halides is 2. The average molecular weight is 172 g/mol. The molecule has 1 atom stereocenters. The van der Waals surface area contributed by atoms with Crippen molar-refractivity contribution in [2.24, 2.45) is 5.41 Å². The zero-order valence-corrected chi connectivity index (χ0v) is 7.37. The van der Waals surface area contributed by atoms with Gasteiger partial charge in [-0.1, -0.05) is 11.6 Å². The first-order valence-electron chi connectivity index (χ1n) is 4.59. The zero-order valence-electron chi connectivity index (χ0n) is 7.37. The van der Waals surface area contributed by atoms with Crippen molar-refractivity contribution < 1.29 is 8.78 Å². The third-order valence-electron chi connectivity index (χ3n) is 3.32. The fraction of sp³-hybridized carbons (Fsp3) is 0.800. The van der Waals surface area contributed by atoms with Crippen molar-refractivity contribution in [1.82, 2.24) is 0 Å². The first-order chi connectivity index (χ1) is 5.56. The molecule has 0 aromatic heterocycles. The smallest absolute Gasteiger partial charge is 0.206 e. The predicted octanol–water partition coefficient (Wildman–Crippen LogP) is 3.53. The van der Waals surface area contributed by atoms with Gasteiger partial charge in [0, 0.05) is 11.8 Å². The highest BCUT2D eigenvalue weighted by molar-refractivity contribution is 5.15.